The fourth-order valence-electron chi connectivity index (χ4n) is 3.30. The molecule has 1 aliphatic rings. The molecule has 0 atom stereocenters. The molecule has 2 amide bonds. The summed E-state index contributed by atoms with van der Waals surface area (Å²) in [5, 5.41) is 9.78. The summed E-state index contributed by atoms with van der Waals surface area (Å²) in [5.41, 5.74) is 1.45. The van der Waals surface area contributed by atoms with Crippen molar-refractivity contribution in [3.05, 3.63) is 57.0 Å². The van der Waals surface area contributed by atoms with E-state index in [1.54, 1.807) is 36.4 Å². The molecule has 0 heterocycles. The van der Waals surface area contributed by atoms with Gasteiger partial charge in [0.25, 0.3) is 5.91 Å². The van der Waals surface area contributed by atoms with E-state index in [4.69, 9.17) is 34.8 Å². The Bertz CT molecular complexity index is 899. The molecule has 0 aliphatic heterocycles. The number of halogens is 3. The summed E-state index contributed by atoms with van der Waals surface area (Å²) in [5.74, 6) is -0.488. The summed E-state index contributed by atoms with van der Waals surface area (Å²) in [6.45, 7) is -0.00579. The zero-order valence-corrected chi connectivity index (χ0v) is 18.0. The predicted molar refractivity (Wildman–Crippen MR) is 119 cm³/mol. The van der Waals surface area contributed by atoms with Crippen LogP contribution in [0.25, 0.3) is 0 Å². The van der Waals surface area contributed by atoms with E-state index in [1.807, 2.05) is 0 Å². The number of carbonyl (C=O) groups excluding carboxylic acids is 2. The van der Waals surface area contributed by atoms with Gasteiger partial charge < -0.3 is 16.0 Å². The number of hydrogen-bond donors (Lipinski definition) is 3. The van der Waals surface area contributed by atoms with Crippen LogP contribution >= 0.6 is 34.8 Å². The Balaban J connectivity index is 1.59. The molecule has 1 fully saturated rings. The van der Waals surface area contributed by atoms with E-state index in [2.05, 4.69) is 16.0 Å². The lowest BCUT2D eigenvalue weighted by Gasteiger charge is -2.23. The molecule has 0 saturated heterocycles. The molecule has 0 aromatic heterocycles. The molecule has 3 N–H and O–H groups in total. The molecule has 0 spiro atoms. The van der Waals surface area contributed by atoms with E-state index in [-0.39, 0.29) is 29.4 Å². The van der Waals surface area contributed by atoms with Gasteiger partial charge in [0.15, 0.2) is 0 Å². The van der Waals surface area contributed by atoms with Crippen LogP contribution in [0.2, 0.25) is 15.1 Å². The third kappa shape index (κ3) is 6.01. The number of hydrogen-bond acceptors (Lipinski definition) is 3. The van der Waals surface area contributed by atoms with Crippen molar-refractivity contribution in [2.24, 2.45) is 0 Å². The first-order valence-electron chi connectivity index (χ1n) is 9.52. The van der Waals surface area contributed by atoms with Crippen LogP contribution in [0.3, 0.4) is 0 Å². The first kappa shape index (κ1) is 21.8. The molecule has 2 aromatic rings. The Labute approximate surface area is 185 Å². The lowest BCUT2D eigenvalue weighted by molar-refractivity contribution is -0.114. The van der Waals surface area contributed by atoms with E-state index >= 15 is 0 Å². The van der Waals surface area contributed by atoms with Crippen molar-refractivity contribution in [1.29, 1.82) is 0 Å². The van der Waals surface area contributed by atoms with Crippen molar-refractivity contribution >= 4 is 58.0 Å². The number of nitrogens with one attached hydrogen (secondary N) is 3. The molecule has 0 radical (unpaired) electrons. The van der Waals surface area contributed by atoms with E-state index < -0.39 is 0 Å². The van der Waals surface area contributed by atoms with Gasteiger partial charge in [-0.3, -0.25) is 9.59 Å². The highest BCUT2D eigenvalue weighted by molar-refractivity contribution is 6.44. The van der Waals surface area contributed by atoms with Crippen molar-refractivity contribution in [2.75, 3.05) is 17.2 Å². The van der Waals surface area contributed by atoms with Crippen LogP contribution < -0.4 is 16.0 Å². The van der Waals surface area contributed by atoms with E-state index in [9.17, 15) is 9.59 Å². The predicted octanol–water partition coefficient (Wildman–Crippen LogP) is 5.76. The summed E-state index contributed by atoms with van der Waals surface area (Å²) >= 11 is 18.2. The van der Waals surface area contributed by atoms with Gasteiger partial charge in [-0.25, -0.2) is 0 Å². The van der Waals surface area contributed by atoms with Gasteiger partial charge in [0.2, 0.25) is 5.91 Å². The van der Waals surface area contributed by atoms with Crippen LogP contribution in [-0.2, 0) is 4.79 Å². The first-order valence-corrected chi connectivity index (χ1v) is 10.7. The lowest BCUT2D eigenvalue weighted by Crippen LogP contribution is -2.36. The van der Waals surface area contributed by atoms with Crippen molar-refractivity contribution in [2.45, 2.75) is 38.1 Å². The van der Waals surface area contributed by atoms with Gasteiger partial charge in [-0.05, 0) is 43.2 Å². The summed E-state index contributed by atoms with van der Waals surface area (Å²) in [6, 6.07) is 10.2. The minimum Gasteiger partial charge on any atom is -0.376 e. The average molecular weight is 455 g/mol. The number of rotatable bonds is 6. The van der Waals surface area contributed by atoms with Gasteiger partial charge in [-0.2, -0.15) is 0 Å². The van der Waals surface area contributed by atoms with Gasteiger partial charge in [-0.15, -0.1) is 0 Å². The molecule has 154 valence electrons. The monoisotopic (exact) mass is 453 g/mol. The molecule has 1 saturated carbocycles. The first-order chi connectivity index (χ1) is 13.9. The average Bonchev–Trinajstić information content (AvgIpc) is 2.71. The minimum atomic E-state index is -0.294. The summed E-state index contributed by atoms with van der Waals surface area (Å²) in [4.78, 5) is 24.8. The SMILES string of the molecule is O=C(CNc1ccc(Cl)c(C(=O)NC2CCCCC2)c1)Nc1cccc(Cl)c1Cl. The number of anilines is 2. The number of carbonyl (C=O) groups is 2. The van der Waals surface area contributed by atoms with Gasteiger partial charge in [0, 0.05) is 11.7 Å². The summed E-state index contributed by atoms with van der Waals surface area (Å²) in [6.07, 6.45) is 5.47. The standard InChI is InChI=1S/C21H22Cl3N3O2/c22-16-10-9-14(11-15(16)21(29)26-13-5-2-1-3-6-13)25-12-19(28)27-18-8-4-7-17(23)20(18)24/h4,7-11,13,25H,1-3,5-6,12H2,(H,26,29)(H,27,28). The quantitative estimate of drug-likeness (QED) is 0.519. The Morgan fingerprint density at radius 1 is 0.966 bits per heavy atom. The highest BCUT2D eigenvalue weighted by Gasteiger charge is 2.18. The molecular weight excluding hydrogens is 433 g/mol. The number of benzene rings is 2. The highest BCUT2D eigenvalue weighted by atomic mass is 35.5. The van der Waals surface area contributed by atoms with Crippen LogP contribution in [0, 0.1) is 0 Å². The second kappa shape index (κ2) is 10.2. The van der Waals surface area contributed by atoms with Gasteiger partial charge in [0.05, 0.1) is 32.9 Å². The van der Waals surface area contributed by atoms with Crippen molar-refractivity contribution in [1.82, 2.24) is 5.32 Å². The topological polar surface area (TPSA) is 70.2 Å². The Hall–Kier alpha value is -1.95. The fourth-order valence-corrected chi connectivity index (χ4v) is 3.85. The Morgan fingerprint density at radius 3 is 2.48 bits per heavy atom. The van der Waals surface area contributed by atoms with Gasteiger partial charge >= 0.3 is 0 Å². The fraction of sp³-hybridized carbons (Fsp3) is 0.333. The molecule has 5 nitrogen and oxygen atoms in total. The highest BCUT2D eigenvalue weighted by Crippen LogP contribution is 2.29. The maximum absolute atomic E-state index is 12.6. The second-order valence-electron chi connectivity index (χ2n) is 7.01. The van der Waals surface area contributed by atoms with Crippen LogP contribution in [0.1, 0.15) is 42.5 Å². The smallest absolute Gasteiger partial charge is 0.253 e. The van der Waals surface area contributed by atoms with Gasteiger partial charge in [-0.1, -0.05) is 60.1 Å². The van der Waals surface area contributed by atoms with Crippen LogP contribution in [-0.4, -0.2) is 24.4 Å². The van der Waals surface area contributed by atoms with Crippen molar-refractivity contribution in [3.8, 4) is 0 Å². The third-order valence-corrected chi connectivity index (χ3v) is 5.98. The third-order valence-electron chi connectivity index (χ3n) is 4.83. The van der Waals surface area contributed by atoms with E-state index in [0.29, 0.717) is 27.0 Å². The molecule has 29 heavy (non-hydrogen) atoms. The number of amides is 2. The maximum Gasteiger partial charge on any atom is 0.253 e. The zero-order chi connectivity index (χ0) is 20.8. The Kier molecular flexibility index (Phi) is 7.64. The van der Waals surface area contributed by atoms with Crippen molar-refractivity contribution in [3.63, 3.8) is 0 Å². The normalized spacial score (nSPS) is 14.3. The van der Waals surface area contributed by atoms with Crippen LogP contribution in [0.4, 0.5) is 11.4 Å². The Morgan fingerprint density at radius 2 is 1.72 bits per heavy atom. The zero-order valence-electron chi connectivity index (χ0n) is 15.7. The van der Waals surface area contributed by atoms with Crippen LogP contribution in [0.5, 0.6) is 0 Å². The molecule has 0 bridgehead atoms. The molecule has 2 aromatic carbocycles. The molecule has 0 unspecified atom stereocenters. The molecular formula is C21H22Cl3N3O2. The largest absolute Gasteiger partial charge is 0.376 e. The van der Waals surface area contributed by atoms with Gasteiger partial charge in [0.1, 0.15) is 0 Å². The van der Waals surface area contributed by atoms with E-state index in [1.165, 1.54) is 6.42 Å². The molecule has 8 heteroatoms. The second-order valence-corrected chi connectivity index (χ2v) is 8.20. The lowest BCUT2D eigenvalue weighted by atomic mass is 9.95. The summed E-state index contributed by atoms with van der Waals surface area (Å²) in [7, 11) is 0. The van der Waals surface area contributed by atoms with Crippen molar-refractivity contribution < 1.29 is 9.59 Å². The summed E-state index contributed by atoms with van der Waals surface area (Å²) < 4.78 is 0. The molecule has 1 aliphatic carbocycles. The van der Waals surface area contributed by atoms with Crippen LogP contribution in [0.15, 0.2) is 36.4 Å². The molecule has 3 rings (SSSR count). The van der Waals surface area contributed by atoms with E-state index in [0.717, 1.165) is 25.7 Å². The maximum atomic E-state index is 12.6. The minimum absolute atomic E-state index is 0.00579.